The van der Waals surface area contributed by atoms with Gasteiger partial charge in [-0.3, -0.25) is 10.1 Å². The lowest BCUT2D eigenvalue weighted by Gasteiger charge is -2.05. The minimum absolute atomic E-state index is 0.0830. The summed E-state index contributed by atoms with van der Waals surface area (Å²) in [5, 5.41) is 19.3. The van der Waals surface area contributed by atoms with Crippen LogP contribution in [-0.2, 0) is 6.54 Å². The Labute approximate surface area is 147 Å². The summed E-state index contributed by atoms with van der Waals surface area (Å²) >= 11 is 0. The molecule has 0 saturated heterocycles. The average Bonchev–Trinajstić information content (AvgIpc) is 3.24. The fourth-order valence-corrected chi connectivity index (χ4v) is 2.88. The van der Waals surface area contributed by atoms with E-state index in [-0.39, 0.29) is 5.69 Å². The minimum atomic E-state index is -0.401. The number of furan rings is 1. The van der Waals surface area contributed by atoms with Gasteiger partial charge < -0.3 is 10.2 Å². The third-order valence-electron chi connectivity index (χ3n) is 4.07. The number of nitrogens with zero attached hydrogens (tertiary/aromatic N) is 5. The van der Waals surface area contributed by atoms with E-state index in [1.54, 1.807) is 42.1 Å². The molecular weight excluding hydrogens is 336 g/mol. The lowest BCUT2D eigenvalue weighted by Crippen LogP contribution is -2.05. The van der Waals surface area contributed by atoms with Crippen LogP contribution in [0.15, 0.2) is 47.1 Å². The second-order valence-electron chi connectivity index (χ2n) is 5.87. The van der Waals surface area contributed by atoms with Crippen LogP contribution in [0.4, 0.5) is 11.5 Å². The highest BCUT2D eigenvalue weighted by molar-refractivity contribution is 5.89. The normalized spacial score (nSPS) is 11.1. The first-order valence-electron chi connectivity index (χ1n) is 7.80. The second-order valence-corrected chi connectivity index (χ2v) is 5.87. The molecule has 0 fully saturated rings. The molecule has 3 heterocycles. The van der Waals surface area contributed by atoms with Gasteiger partial charge in [0.2, 0.25) is 0 Å². The summed E-state index contributed by atoms with van der Waals surface area (Å²) in [5.74, 6) is 0.953. The van der Waals surface area contributed by atoms with E-state index in [2.05, 4.69) is 15.3 Å². The number of hydrogen-bond donors (Lipinski definition) is 1. The number of benzene rings is 1. The smallest absolute Gasteiger partial charge is 0.272 e. The van der Waals surface area contributed by atoms with Gasteiger partial charge in [-0.1, -0.05) is 11.3 Å². The maximum atomic E-state index is 11.0. The fraction of sp³-hybridized carbons (Fsp3) is 0.118. The molecule has 0 amide bonds. The molecule has 0 saturated carbocycles. The number of nitro benzene ring substituents is 1. The molecule has 0 aliphatic carbocycles. The number of pyridine rings is 1. The first-order valence-corrected chi connectivity index (χ1v) is 7.80. The van der Waals surface area contributed by atoms with Crippen LogP contribution in [-0.4, -0.2) is 24.9 Å². The van der Waals surface area contributed by atoms with Crippen molar-refractivity contribution in [3.63, 3.8) is 0 Å². The van der Waals surface area contributed by atoms with Gasteiger partial charge in [0.05, 0.1) is 23.3 Å². The molecule has 0 unspecified atom stereocenters. The van der Waals surface area contributed by atoms with Gasteiger partial charge >= 0.3 is 0 Å². The summed E-state index contributed by atoms with van der Waals surface area (Å²) in [5.41, 5.74) is 9.26. The highest BCUT2D eigenvalue weighted by atomic mass is 16.6. The van der Waals surface area contributed by atoms with E-state index < -0.39 is 4.92 Å². The summed E-state index contributed by atoms with van der Waals surface area (Å²) in [6, 6.07) is 10.2. The zero-order valence-corrected chi connectivity index (χ0v) is 13.8. The van der Waals surface area contributed by atoms with Crippen LogP contribution in [0, 0.1) is 17.0 Å². The number of nitrogens with two attached hydrogens (primary N) is 1. The van der Waals surface area contributed by atoms with Gasteiger partial charge in [0.15, 0.2) is 5.65 Å². The Bertz CT molecular complexity index is 1120. The molecule has 3 aromatic heterocycles. The van der Waals surface area contributed by atoms with E-state index in [0.29, 0.717) is 40.4 Å². The monoisotopic (exact) mass is 350 g/mol. The van der Waals surface area contributed by atoms with Crippen molar-refractivity contribution in [1.29, 1.82) is 0 Å². The molecule has 0 aliphatic heterocycles. The molecule has 0 atom stereocenters. The number of aryl methyl sites for hydroxylation is 1. The van der Waals surface area contributed by atoms with Crippen molar-refractivity contribution in [3.8, 4) is 11.3 Å². The van der Waals surface area contributed by atoms with Crippen LogP contribution in [0.5, 0.6) is 0 Å². The largest absolute Gasteiger partial charge is 0.464 e. The standard InChI is InChI=1S/C17H14N6O3/c1-10-7-11(4-5-13(10)23(24)25)9-22-17-16(20-21-22)12(8-15(18)19-17)14-3-2-6-26-14/h2-8H,9H2,1H3,(H2,18,19). The van der Waals surface area contributed by atoms with E-state index in [4.69, 9.17) is 10.2 Å². The fourth-order valence-electron chi connectivity index (χ4n) is 2.88. The van der Waals surface area contributed by atoms with Crippen molar-refractivity contribution in [2.24, 2.45) is 0 Å². The van der Waals surface area contributed by atoms with Crippen molar-refractivity contribution >= 4 is 22.7 Å². The minimum Gasteiger partial charge on any atom is -0.464 e. The van der Waals surface area contributed by atoms with E-state index in [1.807, 2.05) is 6.07 Å². The Kier molecular flexibility index (Phi) is 3.61. The maximum absolute atomic E-state index is 11.0. The molecule has 0 radical (unpaired) electrons. The molecule has 130 valence electrons. The van der Waals surface area contributed by atoms with Crippen LogP contribution < -0.4 is 5.73 Å². The predicted molar refractivity (Wildman–Crippen MR) is 94.4 cm³/mol. The number of fused-ring (bicyclic) bond motifs is 1. The molecule has 9 heteroatoms. The highest BCUT2D eigenvalue weighted by Crippen LogP contribution is 2.28. The first kappa shape index (κ1) is 15.8. The highest BCUT2D eigenvalue weighted by Gasteiger charge is 2.16. The Morgan fingerprint density at radius 1 is 1.31 bits per heavy atom. The van der Waals surface area contributed by atoms with E-state index in [0.717, 1.165) is 5.56 Å². The van der Waals surface area contributed by atoms with E-state index in [9.17, 15) is 10.1 Å². The van der Waals surface area contributed by atoms with Gasteiger partial charge in [-0.15, -0.1) is 5.10 Å². The Morgan fingerprint density at radius 2 is 2.15 bits per heavy atom. The predicted octanol–water partition coefficient (Wildman–Crippen LogP) is 2.93. The Hall–Kier alpha value is -3.75. The van der Waals surface area contributed by atoms with Crippen molar-refractivity contribution in [3.05, 3.63) is 63.9 Å². The first-order chi connectivity index (χ1) is 12.5. The second kappa shape index (κ2) is 5.96. The molecule has 2 N–H and O–H groups in total. The molecule has 1 aromatic carbocycles. The SMILES string of the molecule is Cc1cc(Cn2nnc3c(-c4ccco4)cc(N)nc32)ccc1[N+](=O)[O-]. The maximum Gasteiger partial charge on any atom is 0.272 e. The summed E-state index contributed by atoms with van der Waals surface area (Å²) in [6.45, 7) is 2.07. The molecular formula is C17H14N6O3. The summed E-state index contributed by atoms with van der Waals surface area (Å²) in [6.07, 6.45) is 1.57. The zero-order valence-electron chi connectivity index (χ0n) is 13.8. The van der Waals surface area contributed by atoms with Crippen LogP contribution >= 0.6 is 0 Å². The quantitative estimate of drug-likeness (QED) is 0.443. The number of nitrogen functional groups attached to an aromatic ring is 1. The number of anilines is 1. The van der Waals surface area contributed by atoms with Crippen LogP contribution in [0.1, 0.15) is 11.1 Å². The lowest BCUT2D eigenvalue weighted by molar-refractivity contribution is -0.385. The van der Waals surface area contributed by atoms with Crippen molar-refractivity contribution in [1.82, 2.24) is 20.0 Å². The molecule has 0 aliphatic rings. The van der Waals surface area contributed by atoms with Crippen LogP contribution in [0.25, 0.3) is 22.5 Å². The Balaban J connectivity index is 1.77. The molecule has 0 bridgehead atoms. The van der Waals surface area contributed by atoms with Crippen molar-refractivity contribution in [2.45, 2.75) is 13.5 Å². The van der Waals surface area contributed by atoms with Crippen LogP contribution in [0.3, 0.4) is 0 Å². The van der Waals surface area contributed by atoms with Crippen molar-refractivity contribution < 1.29 is 9.34 Å². The average molecular weight is 350 g/mol. The number of aromatic nitrogens is 4. The topological polar surface area (TPSA) is 126 Å². The van der Waals surface area contributed by atoms with Gasteiger partial charge in [0.1, 0.15) is 17.1 Å². The molecule has 26 heavy (non-hydrogen) atoms. The summed E-state index contributed by atoms with van der Waals surface area (Å²) < 4.78 is 7.05. The third kappa shape index (κ3) is 2.65. The van der Waals surface area contributed by atoms with E-state index in [1.165, 1.54) is 6.07 Å². The molecule has 4 rings (SSSR count). The van der Waals surface area contributed by atoms with E-state index >= 15 is 0 Å². The van der Waals surface area contributed by atoms with Crippen molar-refractivity contribution in [2.75, 3.05) is 5.73 Å². The summed E-state index contributed by atoms with van der Waals surface area (Å²) in [7, 11) is 0. The number of nitro groups is 1. The lowest BCUT2D eigenvalue weighted by atomic mass is 10.1. The summed E-state index contributed by atoms with van der Waals surface area (Å²) in [4.78, 5) is 14.9. The molecule has 9 nitrogen and oxygen atoms in total. The van der Waals surface area contributed by atoms with Gasteiger partial charge in [-0.2, -0.15) is 0 Å². The van der Waals surface area contributed by atoms with Gasteiger partial charge in [0, 0.05) is 11.6 Å². The number of rotatable bonds is 4. The molecule has 4 aromatic rings. The molecule has 0 spiro atoms. The van der Waals surface area contributed by atoms with Gasteiger partial charge in [-0.25, -0.2) is 9.67 Å². The Morgan fingerprint density at radius 3 is 2.85 bits per heavy atom. The van der Waals surface area contributed by atoms with Gasteiger partial charge in [0.25, 0.3) is 5.69 Å². The number of hydrogen-bond acceptors (Lipinski definition) is 7. The third-order valence-corrected chi connectivity index (χ3v) is 4.07. The van der Waals surface area contributed by atoms with Gasteiger partial charge in [-0.05, 0) is 36.8 Å². The zero-order chi connectivity index (χ0) is 18.3. The van der Waals surface area contributed by atoms with Crippen LogP contribution in [0.2, 0.25) is 0 Å².